The lowest BCUT2D eigenvalue weighted by Gasteiger charge is -2.14. The molecule has 1 unspecified atom stereocenters. The number of fused-ring (bicyclic) bond motifs is 1. The smallest absolute Gasteiger partial charge is 0.244 e. The summed E-state index contributed by atoms with van der Waals surface area (Å²) in [5.41, 5.74) is 3.03. The van der Waals surface area contributed by atoms with Gasteiger partial charge in [0.15, 0.2) is 0 Å². The Bertz CT molecular complexity index is 785. The summed E-state index contributed by atoms with van der Waals surface area (Å²) in [6.07, 6.45) is 5.48. The molecule has 0 aliphatic heterocycles. The molecule has 0 amide bonds. The van der Waals surface area contributed by atoms with Crippen LogP contribution in [-0.4, -0.2) is 29.8 Å². The molecule has 22 heavy (non-hydrogen) atoms. The number of nitrogens with zero attached hydrogens (tertiary/aromatic N) is 3. The molecular formula is C14H18N4O3S. The molecule has 2 heterocycles. The van der Waals surface area contributed by atoms with E-state index in [9.17, 15) is 8.42 Å². The van der Waals surface area contributed by atoms with Gasteiger partial charge in [-0.05, 0) is 44.2 Å². The molecule has 3 rings (SSSR count). The third-order valence-corrected chi connectivity index (χ3v) is 4.39. The van der Waals surface area contributed by atoms with Crippen molar-refractivity contribution >= 4 is 10.0 Å². The lowest BCUT2D eigenvalue weighted by molar-refractivity contribution is 0.354. The lowest BCUT2D eigenvalue weighted by atomic mass is 9.96. The maximum absolute atomic E-state index is 11.2. The number of rotatable bonds is 4. The largest absolute Gasteiger partial charge is 0.337 e. The van der Waals surface area contributed by atoms with E-state index < -0.39 is 16.1 Å². The molecule has 2 aromatic heterocycles. The molecule has 0 saturated carbocycles. The monoisotopic (exact) mass is 322 g/mol. The summed E-state index contributed by atoms with van der Waals surface area (Å²) >= 11 is 0. The Balaban J connectivity index is 1.84. The van der Waals surface area contributed by atoms with Gasteiger partial charge in [-0.3, -0.25) is 0 Å². The Morgan fingerprint density at radius 2 is 2.00 bits per heavy atom. The molecule has 0 radical (unpaired) electrons. The number of hydrogen-bond acceptors (Lipinski definition) is 6. The first-order chi connectivity index (χ1) is 10.4. The van der Waals surface area contributed by atoms with Crippen molar-refractivity contribution in [3.05, 3.63) is 29.3 Å². The van der Waals surface area contributed by atoms with Crippen LogP contribution in [0.1, 0.15) is 43.0 Å². The van der Waals surface area contributed by atoms with Crippen molar-refractivity contribution in [2.75, 3.05) is 6.26 Å². The molecule has 0 saturated heterocycles. The lowest BCUT2D eigenvalue weighted by Crippen LogP contribution is -2.25. The van der Waals surface area contributed by atoms with Gasteiger partial charge >= 0.3 is 0 Å². The number of sulfonamides is 1. The van der Waals surface area contributed by atoms with Gasteiger partial charge in [0.05, 0.1) is 12.3 Å². The van der Waals surface area contributed by atoms with Gasteiger partial charge in [-0.2, -0.15) is 4.98 Å². The van der Waals surface area contributed by atoms with Gasteiger partial charge in [0, 0.05) is 5.69 Å². The van der Waals surface area contributed by atoms with Crippen molar-refractivity contribution in [2.45, 2.75) is 38.6 Å². The second-order valence-electron chi connectivity index (χ2n) is 5.58. The zero-order chi connectivity index (χ0) is 15.7. The molecule has 118 valence electrons. The van der Waals surface area contributed by atoms with Gasteiger partial charge in [0.2, 0.25) is 21.7 Å². The van der Waals surface area contributed by atoms with E-state index in [0.29, 0.717) is 11.5 Å². The number of nitrogens with one attached hydrogen (secondary N) is 1. The normalized spacial score (nSPS) is 16.3. The Hall–Kier alpha value is -1.80. The van der Waals surface area contributed by atoms with E-state index in [1.807, 2.05) is 6.07 Å². The first-order valence-corrected chi connectivity index (χ1v) is 9.11. The second kappa shape index (κ2) is 5.77. The van der Waals surface area contributed by atoms with Crippen LogP contribution >= 0.6 is 0 Å². The number of aryl methyl sites for hydroxylation is 2. The summed E-state index contributed by atoms with van der Waals surface area (Å²) in [6, 6.07) is 3.37. The maximum atomic E-state index is 11.2. The fourth-order valence-electron chi connectivity index (χ4n) is 2.59. The van der Waals surface area contributed by atoms with Crippen LogP contribution < -0.4 is 4.72 Å². The Labute approximate surface area is 129 Å². The average Bonchev–Trinajstić information content (AvgIpc) is 2.95. The van der Waals surface area contributed by atoms with Crippen LogP contribution in [0.25, 0.3) is 11.5 Å². The molecular weight excluding hydrogens is 304 g/mol. The molecule has 1 N–H and O–H groups in total. The molecule has 1 aliphatic carbocycles. The standard InChI is InChI=1S/C14H18N4O3S/c1-9(18-22(2,19)20)14-16-13(17-21-14)12-8-7-10-5-3-4-6-11(10)15-12/h7-9,18H,3-6H2,1-2H3. The minimum Gasteiger partial charge on any atom is -0.337 e. The van der Waals surface area contributed by atoms with Crippen molar-refractivity contribution in [1.82, 2.24) is 19.8 Å². The zero-order valence-corrected chi connectivity index (χ0v) is 13.4. The third-order valence-electron chi connectivity index (χ3n) is 3.61. The van der Waals surface area contributed by atoms with Crippen molar-refractivity contribution in [3.8, 4) is 11.5 Å². The Morgan fingerprint density at radius 1 is 1.23 bits per heavy atom. The first kappa shape index (κ1) is 15.1. The van der Waals surface area contributed by atoms with Crippen LogP contribution in [-0.2, 0) is 22.9 Å². The van der Waals surface area contributed by atoms with Crippen LogP contribution in [0.5, 0.6) is 0 Å². The number of pyridine rings is 1. The zero-order valence-electron chi connectivity index (χ0n) is 12.5. The summed E-state index contributed by atoms with van der Waals surface area (Å²) in [4.78, 5) is 8.85. The highest BCUT2D eigenvalue weighted by Gasteiger charge is 2.20. The Morgan fingerprint density at radius 3 is 2.77 bits per heavy atom. The molecule has 7 nitrogen and oxygen atoms in total. The summed E-state index contributed by atoms with van der Waals surface area (Å²) < 4.78 is 30.0. The van der Waals surface area contributed by atoms with Crippen LogP contribution in [0.3, 0.4) is 0 Å². The van der Waals surface area contributed by atoms with Gasteiger partial charge < -0.3 is 4.52 Å². The quantitative estimate of drug-likeness (QED) is 0.918. The van der Waals surface area contributed by atoms with Crippen molar-refractivity contribution in [3.63, 3.8) is 0 Å². The van der Waals surface area contributed by atoms with Crippen molar-refractivity contribution in [2.24, 2.45) is 0 Å². The van der Waals surface area contributed by atoms with Crippen LogP contribution in [0.15, 0.2) is 16.7 Å². The van der Waals surface area contributed by atoms with Crippen molar-refractivity contribution in [1.29, 1.82) is 0 Å². The first-order valence-electron chi connectivity index (χ1n) is 7.22. The van der Waals surface area contributed by atoms with Gasteiger partial charge in [-0.1, -0.05) is 11.2 Å². The molecule has 8 heteroatoms. The number of aromatic nitrogens is 3. The highest BCUT2D eigenvalue weighted by Crippen LogP contribution is 2.23. The van der Waals surface area contributed by atoms with Gasteiger partial charge in [0.1, 0.15) is 5.69 Å². The minimum atomic E-state index is -3.33. The van der Waals surface area contributed by atoms with E-state index in [4.69, 9.17) is 4.52 Å². The molecule has 2 aromatic rings. The fourth-order valence-corrected chi connectivity index (χ4v) is 3.34. The highest BCUT2D eigenvalue weighted by atomic mass is 32.2. The molecule has 0 aromatic carbocycles. The van der Waals surface area contributed by atoms with Gasteiger partial charge in [-0.25, -0.2) is 18.1 Å². The van der Waals surface area contributed by atoms with E-state index in [1.165, 1.54) is 12.0 Å². The second-order valence-corrected chi connectivity index (χ2v) is 7.36. The molecule has 1 atom stereocenters. The van der Waals surface area contributed by atoms with E-state index in [0.717, 1.165) is 31.2 Å². The van der Waals surface area contributed by atoms with E-state index in [-0.39, 0.29) is 5.89 Å². The van der Waals surface area contributed by atoms with Gasteiger partial charge in [-0.15, -0.1) is 0 Å². The molecule has 1 aliphatic rings. The fraction of sp³-hybridized carbons (Fsp3) is 0.500. The van der Waals surface area contributed by atoms with E-state index in [2.05, 4.69) is 25.9 Å². The molecule has 0 spiro atoms. The van der Waals surface area contributed by atoms with E-state index in [1.54, 1.807) is 6.92 Å². The highest BCUT2D eigenvalue weighted by molar-refractivity contribution is 7.88. The molecule has 0 bridgehead atoms. The summed E-state index contributed by atoms with van der Waals surface area (Å²) in [7, 11) is -3.33. The summed E-state index contributed by atoms with van der Waals surface area (Å²) in [5, 5.41) is 3.90. The van der Waals surface area contributed by atoms with Crippen LogP contribution in [0.4, 0.5) is 0 Å². The maximum Gasteiger partial charge on any atom is 0.244 e. The predicted octanol–water partition coefficient (Wildman–Crippen LogP) is 1.62. The molecule has 0 fully saturated rings. The van der Waals surface area contributed by atoms with Crippen LogP contribution in [0.2, 0.25) is 0 Å². The van der Waals surface area contributed by atoms with E-state index >= 15 is 0 Å². The summed E-state index contributed by atoms with van der Waals surface area (Å²) in [6.45, 7) is 1.65. The predicted molar refractivity (Wildman–Crippen MR) is 80.6 cm³/mol. The minimum absolute atomic E-state index is 0.222. The topological polar surface area (TPSA) is 98.0 Å². The van der Waals surface area contributed by atoms with Crippen LogP contribution in [0, 0.1) is 0 Å². The number of hydrogen-bond donors (Lipinski definition) is 1. The van der Waals surface area contributed by atoms with Gasteiger partial charge in [0.25, 0.3) is 0 Å². The SMILES string of the molecule is CC(NS(C)(=O)=O)c1nc(-c2ccc3c(n2)CCCC3)no1. The Kier molecular flexibility index (Phi) is 3.96. The summed E-state index contributed by atoms with van der Waals surface area (Å²) in [5.74, 6) is 0.602. The third kappa shape index (κ3) is 3.33. The average molecular weight is 322 g/mol. The van der Waals surface area contributed by atoms with Crippen molar-refractivity contribution < 1.29 is 12.9 Å².